The highest BCUT2D eigenvalue weighted by atomic mass is 19.1. The fourth-order valence-corrected chi connectivity index (χ4v) is 3.26. The van der Waals surface area contributed by atoms with Crippen LogP contribution in [0.25, 0.3) is 0 Å². The number of carbonyl (C=O) groups excluding carboxylic acids is 2. The first kappa shape index (κ1) is 22.0. The van der Waals surface area contributed by atoms with Crippen LogP contribution in [0, 0.1) is 11.7 Å². The largest absolute Gasteiger partial charge is 0.458 e. The molecule has 0 aliphatic carbocycles. The summed E-state index contributed by atoms with van der Waals surface area (Å²) in [6, 6.07) is 4.51. The Kier molecular flexibility index (Phi) is 7.71. The lowest BCUT2D eigenvalue weighted by molar-refractivity contribution is -0.222. The molecule has 0 radical (unpaired) electrons. The maximum atomic E-state index is 14.2. The number of rotatable bonds is 7. The zero-order valence-electron chi connectivity index (χ0n) is 16.6. The van der Waals surface area contributed by atoms with Gasteiger partial charge in [0.15, 0.2) is 6.10 Å². The van der Waals surface area contributed by atoms with Gasteiger partial charge in [0.1, 0.15) is 18.0 Å². The van der Waals surface area contributed by atoms with Crippen molar-refractivity contribution in [1.82, 2.24) is 0 Å². The van der Waals surface area contributed by atoms with Crippen LogP contribution < -0.4 is 0 Å². The van der Waals surface area contributed by atoms with Gasteiger partial charge < -0.3 is 18.9 Å². The highest BCUT2D eigenvalue weighted by Crippen LogP contribution is 2.39. The van der Waals surface area contributed by atoms with Gasteiger partial charge in [0.05, 0.1) is 19.3 Å². The Morgan fingerprint density at radius 1 is 1.18 bits per heavy atom. The van der Waals surface area contributed by atoms with Crippen molar-refractivity contribution in [2.45, 2.75) is 58.7 Å². The third-order valence-electron chi connectivity index (χ3n) is 4.74. The molecule has 1 unspecified atom stereocenters. The molecule has 154 valence electrons. The molecule has 1 aliphatic heterocycles. The minimum absolute atomic E-state index is 0.0655. The summed E-state index contributed by atoms with van der Waals surface area (Å²) in [6.45, 7) is 10.2. The SMILES string of the molecule is C=CCOCc1cc([C@@H]2OC(C)[C@@H](C)[C@H](OC(C)=O)[C@H]2OC(C)=O)ccc1F. The zero-order valence-corrected chi connectivity index (χ0v) is 16.6. The first-order valence-corrected chi connectivity index (χ1v) is 9.21. The van der Waals surface area contributed by atoms with Gasteiger partial charge in [-0.1, -0.05) is 19.1 Å². The van der Waals surface area contributed by atoms with Gasteiger partial charge in [-0.25, -0.2) is 4.39 Å². The van der Waals surface area contributed by atoms with E-state index in [1.165, 1.54) is 19.9 Å². The lowest BCUT2D eigenvalue weighted by Crippen LogP contribution is -2.52. The van der Waals surface area contributed by atoms with Crippen molar-refractivity contribution in [1.29, 1.82) is 0 Å². The Balaban J connectivity index is 2.38. The highest BCUT2D eigenvalue weighted by Gasteiger charge is 2.47. The molecule has 1 aromatic rings. The van der Waals surface area contributed by atoms with Gasteiger partial charge in [-0.05, 0) is 24.6 Å². The van der Waals surface area contributed by atoms with Crippen LogP contribution in [0.5, 0.6) is 0 Å². The molecule has 1 saturated heterocycles. The average Bonchev–Trinajstić information content (AvgIpc) is 2.62. The van der Waals surface area contributed by atoms with E-state index in [9.17, 15) is 14.0 Å². The molecule has 1 fully saturated rings. The second-order valence-corrected chi connectivity index (χ2v) is 6.92. The predicted octanol–water partition coefficient (Wildman–Crippen LogP) is 3.49. The predicted molar refractivity (Wildman–Crippen MR) is 99.8 cm³/mol. The summed E-state index contributed by atoms with van der Waals surface area (Å²) in [4.78, 5) is 23.3. The van der Waals surface area contributed by atoms with Crippen LogP contribution in [0.1, 0.15) is 44.9 Å². The van der Waals surface area contributed by atoms with E-state index < -0.39 is 36.1 Å². The van der Waals surface area contributed by atoms with Crippen LogP contribution in [0.3, 0.4) is 0 Å². The Bertz CT molecular complexity index is 719. The summed E-state index contributed by atoms with van der Waals surface area (Å²) < 4.78 is 36.5. The molecule has 7 heteroatoms. The third kappa shape index (κ3) is 5.39. The Hall–Kier alpha value is -2.25. The number of benzene rings is 1. The molecule has 0 bridgehead atoms. The molecule has 28 heavy (non-hydrogen) atoms. The fourth-order valence-electron chi connectivity index (χ4n) is 3.26. The summed E-state index contributed by atoms with van der Waals surface area (Å²) in [7, 11) is 0. The summed E-state index contributed by atoms with van der Waals surface area (Å²) in [6.07, 6.45) is -0.930. The summed E-state index contributed by atoms with van der Waals surface area (Å²) >= 11 is 0. The van der Waals surface area contributed by atoms with Gasteiger partial charge in [-0.2, -0.15) is 0 Å². The summed E-state index contributed by atoms with van der Waals surface area (Å²) in [5, 5.41) is 0. The first-order chi connectivity index (χ1) is 13.2. The van der Waals surface area contributed by atoms with Gasteiger partial charge in [-0.15, -0.1) is 6.58 Å². The van der Waals surface area contributed by atoms with Crippen LogP contribution in [0.4, 0.5) is 4.39 Å². The van der Waals surface area contributed by atoms with Crippen LogP contribution >= 0.6 is 0 Å². The zero-order chi connectivity index (χ0) is 20.8. The maximum absolute atomic E-state index is 14.2. The van der Waals surface area contributed by atoms with E-state index in [1.807, 2.05) is 13.8 Å². The molecule has 5 atom stereocenters. The van der Waals surface area contributed by atoms with E-state index in [1.54, 1.807) is 18.2 Å². The minimum atomic E-state index is -0.847. The van der Waals surface area contributed by atoms with Crippen LogP contribution in [-0.2, 0) is 35.1 Å². The lowest BCUT2D eigenvalue weighted by atomic mass is 9.85. The van der Waals surface area contributed by atoms with Gasteiger partial charge >= 0.3 is 11.9 Å². The van der Waals surface area contributed by atoms with E-state index in [0.29, 0.717) is 17.7 Å². The first-order valence-electron chi connectivity index (χ1n) is 9.21. The Morgan fingerprint density at radius 3 is 2.43 bits per heavy atom. The van der Waals surface area contributed by atoms with Gasteiger partial charge in [0.2, 0.25) is 0 Å². The highest BCUT2D eigenvalue weighted by molar-refractivity contribution is 5.67. The molecule has 2 rings (SSSR count). The lowest BCUT2D eigenvalue weighted by Gasteiger charge is -2.43. The second-order valence-electron chi connectivity index (χ2n) is 6.92. The number of esters is 2. The number of hydrogen-bond acceptors (Lipinski definition) is 6. The fraction of sp³-hybridized carbons (Fsp3) is 0.524. The standard InChI is InChI=1S/C21H27FO6/c1-6-9-25-11-17-10-16(7-8-18(17)22)20-21(28-15(5)24)19(27-14(4)23)12(2)13(3)26-20/h6-8,10,12-13,19-21H,1,9,11H2,2-5H3/t12-,13?,19+,20+,21-/m1/s1. The van der Waals surface area contributed by atoms with E-state index >= 15 is 0 Å². The van der Waals surface area contributed by atoms with Crippen molar-refractivity contribution in [2.24, 2.45) is 5.92 Å². The van der Waals surface area contributed by atoms with E-state index in [-0.39, 0.29) is 18.6 Å². The van der Waals surface area contributed by atoms with E-state index in [0.717, 1.165) is 0 Å². The summed E-state index contributed by atoms with van der Waals surface area (Å²) in [5.41, 5.74) is 0.959. The molecule has 6 nitrogen and oxygen atoms in total. The van der Waals surface area contributed by atoms with Crippen LogP contribution in [0.15, 0.2) is 30.9 Å². The van der Waals surface area contributed by atoms with E-state index in [2.05, 4.69) is 6.58 Å². The molecule has 0 saturated carbocycles. The summed E-state index contributed by atoms with van der Waals surface area (Å²) in [5.74, 6) is -1.60. The number of carbonyl (C=O) groups is 2. The Labute approximate surface area is 164 Å². The van der Waals surface area contributed by atoms with Gasteiger partial charge in [0, 0.05) is 25.3 Å². The molecule has 1 heterocycles. The normalized spacial score (nSPS) is 27.1. The number of halogens is 1. The van der Waals surface area contributed by atoms with Gasteiger partial charge in [-0.3, -0.25) is 9.59 Å². The topological polar surface area (TPSA) is 71.1 Å². The van der Waals surface area contributed by atoms with Crippen molar-refractivity contribution >= 4 is 11.9 Å². The van der Waals surface area contributed by atoms with Crippen LogP contribution in [0.2, 0.25) is 0 Å². The van der Waals surface area contributed by atoms with Crippen molar-refractivity contribution in [3.8, 4) is 0 Å². The maximum Gasteiger partial charge on any atom is 0.303 e. The monoisotopic (exact) mass is 394 g/mol. The minimum Gasteiger partial charge on any atom is -0.458 e. The van der Waals surface area contributed by atoms with Gasteiger partial charge in [0.25, 0.3) is 0 Å². The van der Waals surface area contributed by atoms with Crippen molar-refractivity contribution < 1.29 is 32.9 Å². The Morgan fingerprint density at radius 2 is 1.82 bits per heavy atom. The van der Waals surface area contributed by atoms with E-state index in [4.69, 9.17) is 18.9 Å². The van der Waals surface area contributed by atoms with Crippen molar-refractivity contribution in [3.63, 3.8) is 0 Å². The molecule has 0 amide bonds. The molecule has 1 aromatic carbocycles. The number of ether oxygens (including phenoxy) is 4. The average molecular weight is 394 g/mol. The molecule has 0 N–H and O–H groups in total. The molecular formula is C21H27FO6. The molecular weight excluding hydrogens is 367 g/mol. The smallest absolute Gasteiger partial charge is 0.303 e. The molecule has 1 aliphatic rings. The van der Waals surface area contributed by atoms with Crippen molar-refractivity contribution in [2.75, 3.05) is 6.61 Å². The quantitative estimate of drug-likeness (QED) is 0.401. The second kappa shape index (κ2) is 9.80. The van der Waals surface area contributed by atoms with Crippen molar-refractivity contribution in [3.05, 3.63) is 47.8 Å². The number of hydrogen-bond donors (Lipinski definition) is 0. The third-order valence-corrected chi connectivity index (χ3v) is 4.74. The molecule has 0 spiro atoms. The molecule has 0 aromatic heterocycles. The van der Waals surface area contributed by atoms with Crippen LogP contribution in [-0.4, -0.2) is 36.9 Å².